The summed E-state index contributed by atoms with van der Waals surface area (Å²) in [6.07, 6.45) is -4.74. The molecule has 1 aromatic heterocycles. The van der Waals surface area contributed by atoms with E-state index in [1.807, 2.05) is 0 Å². The lowest BCUT2D eigenvalue weighted by Gasteiger charge is -2.12. The Balaban J connectivity index is 2.65. The van der Waals surface area contributed by atoms with Gasteiger partial charge in [0.15, 0.2) is 5.69 Å². The molecule has 2 N–H and O–H groups in total. The number of phenolic OH excluding ortho intramolecular Hbond substituents is 1. The van der Waals surface area contributed by atoms with Crippen LogP contribution < -0.4 is 0 Å². The summed E-state index contributed by atoms with van der Waals surface area (Å²) in [5, 5.41) is 22.0. The first-order valence-corrected chi connectivity index (χ1v) is 6.28. The van der Waals surface area contributed by atoms with Crippen LogP contribution in [0.15, 0.2) is 22.7 Å². The fourth-order valence-electron chi connectivity index (χ4n) is 1.80. The summed E-state index contributed by atoms with van der Waals surface area (Å²) in [7, 11) is 1.41. The minimum Gasteiger partial charge on any atom is -0.506 e. The third kappa shape index (κ3) is 2.87. The smallest absolute Gasteiger partial charge is 0.420 e. The van der Waals surface area contributed by atoms with Gasteiger partial charge in [0.05, 0.1) is 15.7 Å². The summed E-state index contributed by atoms with van der Waals surface area (Å²) in [6.45, 7) is 0. The first-order chi connectivity index (χ1) is 9.61. The van der Waals surface area contributed by atoms with Crippen LogP contribution in [-0.4, -0.2) is 26.0 Å². The summed E-state index contributed by atoms with van der Waals surface area (Å²) < 4.78 is 39.6. The molecule has 0 amide bonds. The predicted octanol–water partition coefficient (Wildman–Crippen LogP) is 3.27. The highest BCUT2D eigenvalue weighted by Crippen LogP contribution is 2.42. The van der Waals surface area contributed by atoms with Crippen molar-refractivity contribution in [2.75, 3.05) is 0 Å². The number of aromatic nitrogens is 2. The summed E-state index contributed by atoms with van der Waals surface area (Å²) >= 11 is 2.85. The summed E-state index contributed by atoms with van der Waals surface area (Å²) in [4.78, 5) is 10.8. The maximum absolute atomic E-state index is 12.9. The van der Waals surface area contributed by atoms with Crippen molar-refractivity contribution in [1.29, 1.82) is 0 Å². The summed E-state index contributed by atoms with van der Waals surface area (Å²) in [5.41, 5.74) is -1.25. The number of carboxylic acid groups (broad SMARTS) is 1. The number of benzene rings is 1. The average Bonchev–Trinajstić information content (AvgIpc) is 2.73. The predicted molar refractivity (Wildman–Crippen MR) is 70.0 cm³/mol. The van der Waals surface area contributed by atoms with Crippen molar-refractivity contribution in [2.24, 2.45) is 7.05 Å². The van der Waals surface area contributed by atoms with Gasteiger partial charge < -0.3 is 10.2 Å². The Labute approximate surface area is 124 Å². The lowest BCUT2D eigenvalue weighted by Crippen LogP contribution is -2.06. The molecule has 0 saturated heterocycles. The van der Waals surface area contributed by atoms with Crippen LogP contribution in [0.3, 0.4) is 0 Å². The topological polar surface area (TPSA) is 75.4 Å². The minimum atomic E-state index is -4.74. The van der Waals surface area contributed by atoms with Gasteiger partial charge in [0.25, 0.3) is 0 Å². The number of aromatic hydroxyl groups is 1. The molecule has 0 saturated carbocycles. The van der Waals surface area contributed by atoms with E-state index in [-0.39, 0.29) is 21.4 Å². The number of nitrogens with zero attached hydrogens (tertiary/aromatic N) is 2. The van der Waals surface area contributed by atoms with Gasteiger partial charge >= 0.3 is 12.1 Å². The normalized spacial score (nSPS) is 11.7. The van der Waals surface area contributed by atoms with Crippen LogP contribution in [0.25, 0.3) is 11.3 Å². The lowest BCUT2D eigenvalue weighted by atomic mass is 10.1. The third-order valence-electron chi connectivity index (χ3n) is 2.76. The SMILES string of the molecule is Cn1nc(C(=O)O)cc1-c1cc(Br)c(O)c(C(F)(F)F)c1. The van der Waals surface area contributed by atoms with Gasteiger partial charge in [-0.2, -0.15) is 18.3 Å². The highest BCUT2D eigenvalue weighted by atomic mass is 79.9. The Hall–Kier alpha value is -2.03. The van der Waals surface area contributed by atoms with Crippen molar-refractivity contribution < 1.29 is 28.2 Å². The molecule has 2 rings (SSSR count). The Morgan fingerprint density at radius 3 is 2.43 bits per heavy atom. The Bertz CT molecular complexity index is 725. The molecule has 5 nitrogen and oxygen atoms in total. The van der Waals surface area contributed by atoms with Gasteiger partial charge in [-0.05, 0) is 34.1 Å². The molecule has 0 unspecified atom stereocenters. The maximum Gasteiger partial charge on any atom is 0.420 e. The summed E-state index contributed by atoms with van der Waals surface area (Å²) in [6, 6.07) is 3.15. The van der Waals surface area contributed by atoms with E-state index in [2.05, 4.69) is 21.0 Å². The second-order valence-corrected chi connectivity index (χ2v) is 5.05. The van der Waals surface area contributed by atoms with Gasteiger partial charge in [-0.3, -0.25) is 4.68 Å². The van der Waals surface area contributed by atoms with Crippen LogP contribution >= 0.6 is 15.9 Å². The number of hydrogen-bond donors (Lipinski definition) is 2. The van der Waals surface area contributed by atoms with E-state index < -0.39 is 23.5 Å². The quantitative estimate of drug-likeness (QED) is 0.857. The number of carbonyl (C=O) groups is 1. The van der Waals surface area contributed by atoms with Crippen LogP contribution in [-0.2, 0) is 13.2 Å². The molecule has 0 bridgehead atoms. The lowest BCUT2D eigenvalue weighted by molar-refractivity contribution is -0.138. The van der Waals surface area contributed by atoms with Gasteiger partial charge in [-0.15, -0.1) is 0 Å². The van der Waals surface area contributed by atoms with E-state index in [0.717, 1.165) is 16.8 Å². The fraction of sp³-hybridized carbons (Fsp3) is 0.167. The molecule has 0 aliphatic carbocycles. The second kappa shape index (κ2) is 5.06. The van der Waals surface area contributed by atoms with Crippen molar-refractivity contribution in [3.05, 3.63) is 33.9 Å². The van der Waals surface area contributed by atoms with E-state index in [0.29, 0.717) is 0 Å². The maximum atomic E-state index is 12.9. The first-order valence-electron chi connectivity index (χ1n) is 5.48. The van der Waals surface area contributed by atoms with E-state index in [1.54, 1.807) is 0 Å². The highest BCUT2D eigenvalue weighted by molar-refractivity contribution is 9.10. The number of aryl methyl sites for hydroxylation is 1. The molecule has 1 aromatic carbocycles. The van der Waals surface area contributed by atoms with Gasteiger partial charge in [-0.1, -0.05) is 0 Å². The van der Waals surface area contributed by atoms with E-state index in [4.69, 9.17) is 5.11 Å². The molecule has 0 aliphatic rings. The van der Waals surface area contributed by atoms with Crippen LogP contribution in [0, 0.1) is 0 Å². The molecule has 9 heteroatoms. The molecule has 112 valence electrons. The molecule has 0 spiro atoms. The van der Waals surface area contributed by atoms with E-state index >= 15 is 0 Å². The van der Waals surface area contributed by atoms with Crippen molar-refractivity contribution in [3.8, 4) is 17.0 Å². The zero-order valence-electron chi connectivity index (χ0n) is 10.4. The molecule has 21 heavy (non-hydrogen) atoms. The molecule has 0 fully saturated rings. The van der Waals surface area contributed by atoms with Crippen LogP contribution in [0.2, 0.25) is 0 Å². The number of rotatable bonds is 2. The number of phenols is 1. The number of carboxylic acids is 1. The van der Waals surface area contributed by atoms with Gasteiger partial charge in [0.1, 0.15) is 5.75 Å². The zero-order valence-corrected chi connectivity index (χ0v) is 12.0. The molecule has 0 aliphatic heterocycles. The van der Waals surface area contributed by atoms with Gasteiger partial charge in [-0.25, -0.2) is 4.79 Å². The first kappa shape index (κ1) is 15.4. The number of halogens is 4. The molecule has 1 heterocycles. The highest BCUT2D eigenvalue weighted by Gasteiger charge is 2.35. The molecule has 0 radical (unpaired) electrons. The Morgan fingerprint density at radius 1 is 1.33 bits per heavy atom. The number of hydrogen-bond acceptors (Lipinski definition) is 3. The average molecular weight is 365 g/mol. The Kier molecular flexibility index (Phi) is 3.70. The van der Waals surface area contributed by atoms with Crippen LogP contribution in [0.5, 0.6) is 5.75 Å². The van der Waals surface area contributed by atoms with Gasteiger partial charge in [0.2, 0.25) is 0 Å². The summed E-state index contributed by atoms with van der Waals surface area (Å²) in [5.74, 6) is -2.21. The Morgan fingerprint density at radius 2 is 1.95 bits per heavy atom. The zero-order chi connectivity index (χ0) is 15.9. The van der Waals surface area contributed by atoms with E-state index in [9.17, 15) is 23.1 Å². The van der Waals surface area contributed by atoms with Crippen LogP contribution in [0.1, 0.15) is 16.1 Å². The molecular formula is C12H8BrF3N2O3. The van der Waals surface area contributed by atoms with Crippen LogP contribution in [0.4, 0.5) is 13.2 Å². The van der Waals surface area contributed by atoms with Crippen molar-refractivity contribution in [2.45, 2.75) is 6.18 Å². The standard InChI is InChI=1S/C12H8BrF3N2O3/c1-18-9(4-8(17-18)11(20)21)5-2-6(12(14,15)16)10(19)7(13)3-5/h2-4,19H,1H3,(H,20,21). The van der Waals surface area contributed by atoms with E-state index in [1.165, 1.54) is 13.1 Å². The van der Waals surface area contributed by atoms with Crippen molar-refractivity contribution in [3.63, 3.8) is 0 Å². The second-order valence-electron chi connectivity index (χ2n) is 4.20. The molecular weight excluding hydrogens is 357 g/mol. The molecule has 0 atom stereocenters. The number of alkyl halides is 3. The minimum absolute atomic E-state index is 0.0782. The van der Waals surface area contributed by atoms with Crippen molar-refractivity contribution >= 4 is 21.9 Å². The third-order valence-corrected chi connectivity index (χ3v) is 3.37. The fourth-order valence-corrected chi connectivity index (χ4v) is 2.27. The van der Waals surface area contributed by atoms with Gasteiger partial charge in [0, 0.05) is 12.6 Å². The largest absolute Gasteiger partial charge is 0.506 e. The van der Waals surface area contributed by atoms with Crippen molar-refractivity contribution in [1.82, 2.24) is 9.78 Å². The number of aromatic carboxylic acids is 1. The monoisotopic (exact) mass is 364 g/mol. The molecule has 2 aromatic rings.